The number of rotatable bonds is 4. The molecule has 2 bridgehead atoms. The minimum absolute atomic E-state index is 0.123. The monoisotopic (exact) mass is 285 g/mol. The van der Waals surface area contributed by atoms with E-state index in [-0.39, 0.29) is 11.0 Å². The number of fused-ring (bicyclic) bond motifs is 2. The van der Waals surface area contributed by atoms with Gasteiger partial charge in [0.25, 0.3) is 0 Å². The van der Waals surface area contributed by atoms with Crippen LogP contribution in [0.5, 0.6) is 0 Å². The van der Waals surface area contributed by atoms with Crippen LogP contribution in [0.4, 0.5) is 0 Å². The van der Waals surface area contributed by atoms with E-state index in [1.54, 1.807) is 0 Å². The lowest BCUT2D eigenvalue weighted by Gasteiger charge is -2.39. The molecule has 2 N–H and O–H groups in total. The minimum Gasteiger partial charge on any atom is -0.480 e. The highest BCUT2D eigenvalue weighted by Gasteiger charge is 2.57. The smallest absolute Gasteiger partial charge is 0.324 e. The van der Waals surface area contributed by atoms with Crippen molar-refractivity contribution in [3.63, 3.8) is 0 Å². The fourth-order valence-electron chi connectivity index (χ4n) is 3.03. The van der Waals surface area contributed by atoms with Gasteiger partial charge in [0.1, 0.15) is 5.54 Å². The molecule has 0 aromatic carbocycles. The first-order valence-corrected chi connectivity index (χ1v) is 10.1. The molecule has 5 heteroatoms. The summed E-state index contributed by atoms with van der Waals surface area (Å²) in [5.74, 6) is -0.575. The maximum absolute atomic E-state index is 11.6. The standard InChI is InChI=1S/C14H27NO3Si/c1-13(2,3)19(4,5)18-9-10-8-11-6-7-14(10,15-11)12(16)17/h10-11,15H,6-9H2,1-5H3,(H,16,17). The average Bonchev–Trinajstić information content (AvgIpc) is 2.83. The van der Waals surface area contributed by atoms with Crippen molar-refractivity contribution in [2.24, 2.45) is 5.92 Å². The zero-order valence-electron chi connectivity index (χ0n) is 12.7. The first-order chi connectivity index (χ1) is 8.58. The number of hydrogen-bond donors (Lipinski definition) is 2. The summed E-state index contributed by atoms with van der Waals surface area (Å²) in [7, 11) is -1.79. The third-order valence-electron chi connectivity index (χ3n) is 5.45. The van der Waals surface area contributed by atoms with Crippen molar-refractivity contribution in [1.82, 2.24) is 5.32 Å². The van der Waals surface area contributed by atoms with Crippen molar-refractivity contribution in [2.45, 2.75) is 69.7 Å². The van der Waals surface area contributed by atoms with Crippen LogP contribution >= 0.6 is 0 Å². The Bertz CT molecular complexity index is 377. The third kappa shape index (κ3) is 2.48. The molecule has 0 aromatic rings. The summed E-state index contributed by atoms with van der Waals surface area (Å²) < 4.78 is 6.24. The molecule has 3 atom stereocenters. The molecule has 0 spiro atoms. The van der Waals surface area contributed by atoms with Gasteiger partial charge in [0.05, 0.1) is 0 Å². The van der Waals surface area contributed by atoms with Crippen LogP contribution in [-0.4, -0.2) is 37.6 Å². The number of hydrogen-bond acceptors (Lipinski definition) is 3. The van der Waals surface area contributed by atoms with Gasteiger partial charge in [0.2, 0.25) is 0 Å². The summed E-state index contributed by atoms with van der Waals surface area (Å²) in [6.45, 7) is 11.7. The molecule has 0 radical (unpaired) electrons. The highest BCUT2D eigenvalue weighted by Crippen LogP contribution is 2.44. The normalized spacial score (nSPS) is 34.8. The van der Waals surface area contributed by atoms with Gasteiger partial charge >= 0.3 is 5.97 Å². The lowest BCUT2D eigenvalue weighted by Crippen LogP contribution is -2.52. The van der Waals surface area contributed by atoms with Gasteiger partial charge < -0.3 is 9.53 Å². The second kappa shape index (κ2) is 4.57. The summed E-state index contributed by atoms with van der Waals surface area (Å²) in [6, 6.07) is 0.379. The largest absolute Gasteiger partial charge is 0.480 e. The number of carboxylic acids is 1. The zero-order chi connectivity index (χ0) is 14.5. The molecule has 2 aliphatic heterocycles. The number of aliphatic carboxylic acids is 1. The topological polar surface area (TPSA) is 58.6 Å². The molecule has 2 fully saturated rings. The van der Waals surface area contributed by atoms with E-state index in [9.17, 15) is 9.90 Å². The fourth-order valence-corrected chi connectivity index (χ4v) is 4.08. The Balaban J connectivity index is 2.03. The van der Waals surface area contributed by atoms with Gasteiger partial charge in [-0.3, -0.25) is 10.1 Å². The van der Waals surface area contributed by atoms with E-state index in [4.69, 9.17) is 4.43 Å². The predicted octanol–water partition coefficient (Wildman–Crippen LogP) is 2.60. The van der Waals surface area contributed by atoms with Gasteiger partial charge in [-0.2, -0.15) is 0 Å². The van der Waals surface area contributed by atoms with Gasteiger partial charge in [-0.15, -0.1) is 0 Å². The highest BCUT2D eigenvalue weighted by molar-refractivity contribution is 6.74. The van der Waals surface area contributed by atoms with Crippen LogP contribution in [0.15, 0.2) is 0 Å². The van der Waals surface area contributed by atoms with Crippen molar-refractivity contribution in [3.8, 4) is 0 Å². The lowest BCUT2D eigenvalue weighted by molar-refractivity contribution is -0.146. The SMILES string of the molecule is CC(C)(C)[Si](C)(C)OCC1CC2CCC1(C(=O)O)N2. The average molecular weight is 285 g/mol. The van der Waals surface area contributed by atoms with Crippen LogP contribution in [0.1, 0.15) is 40.0 Å². The molecule has 3 unspecified atom stereocenters. The zero-order valence-corrected chi connectivity index (χ0v) is 13.7. The van der Waals surface area contributed by atoms with Crippen LogP contribution < -0.4 is 5.32 Å². The first kappa shape index (κ1) is 15.0. The molecule has 2 rings (SSSR count). The van der Waals surface area contributed by atoms with Gasteiger partial charge in [-0.25, -0.2) is 0 Å². The molecule has 19 heavy (non-hydrogen) atoms. The summed E-state index contributed by atoms with van der Waals surface area (Å²) in [4.78, 5) is 11.6. The van der Waals surface area contributed by atoms with E-state index in [0.29, 0.717) is 12.6 Å². The Labute approximate surface area is 117 Å². The molecule has 0 aliphatic carbocycles. The molecule has 2 aliphatic rings. The summed E-state index contributed by atoms with van der Waals surface area (Å²) in [5.41, 5.74) is -0.715. The summed E-state index contributed by atoms with van der Waals surface area (Å²) in [5, 5.41) is 13.0. The van der Waals surface area contributed by atoms with E-state index in [1.807, 2.05) is 0 Å². The van der Waals surface area contributed by atoms with Gasteiger partial charge in [-0.05, 0) is 37.4 Å². The van der Waals surface area contributed by atoms with Crippen LogP contribution in [0, 0.1) is 5.92 Å². The van der Waals surface area contributed by atoms with Gasteiger partial charge in [-0.1, -0.05) is 20.8 Å². The van der Waals surface area contributed by atoms with Crippen molar-refractivity contribution in [3.05, 3.63) is 0 Å². The number of carboxylic acid groups (broad SMARTS) is 1. The minimum atomic E-state index is -1.79. The fraction of sp³-hybridized carbons (Fsp3) is 0.929. The Morgan fingerprint density at radius 3 is 2.58 bits per heavy atom. The van der Waals surface area contributed by atoms with Crippen molar-refractivity contribution >= 4 is 14.3 Å². The van der Waals surface area contributed by atoms with Crippen LogP contribution in [0.25, 0.3) is 0 Å². The van der Waals surface area contributed by atoms with E-state index < -0.39 is 19.8 Å². The second-order valence-electron chi connectivity index (χ2n) is 7.66. The van der Waals surface area contributed by atoms with Crippen LogP contribution in [-0.2, 0) is 9.22 Å². The molecular formula is C14H27NO3Si. The molecule has 0 aromatic heterocycles. The number of carbonyl (C=O) groups is 1. The third-order valence-corrected chi connectivity index (χ3v) is 9.95. The lowest BCUT2D eigenvalue weighted by atomic mass is 9.78. The molecule has 4 nitrogen and oxygen atoms in total. The van der Waals surface area contributed by atoms with Gasteiger partial charge in [0.15, 0.2) is 8.32 Å². The Hall–Kier alpha value is -0.393. The van der Waals surface area contributed by atoms with Gasteiger partial charge in [0, 0.05) is 18.6 Å². The van der Waals surface area contributed by atoms with Crippen molar-refractivity contribution in [1.29, 1.82) is 0 Å². The Kier molecular flexibility index (Phi) is 3.61. The maximum atomic E-state index is 11.6. The highest BCUT2D eigenvalue weighted by atomic mass is 28.4. The summed E-state index contributed by atoms with van der Waals surface area (Å²) in [6.07, 6.45) is 2.68. The molecular weight excluding hydrogens is 258 g/mol. The maximum Gasteiger partial charge on any atom is 0.324 e. The number of nitrogens with one attached hydrogen (secondary N) is 1. The van der Waals surface area contributed by atoms with Crippen molar-refractivity contribution in [2.75, 3.05) is 6.61 Å². The van der Waals surface area contributed by atoms with E-state index >= 15 is 0 Å². The molecule has 0 amide bonds. The van der Waals surface area contributed by atoms with Crippen molar-refractivity contribution < 1.29 is 14.3 Å². The predicted molar refractivity (Wildman–Crippen MR) is 77.8 cm³/mol. The second-order valence-corrected chi connectivity index (χ2v) is 12.5. The summed E-state index contributed by atoms with van der Waals surface area (Å²) >= 11 is 0. The van der Waals surface area contributed by atoms with E-state index in [1.165, 1.54) is 0 Å². The van der Waals surface area contributed by atoms with Crippen LogP contribution in [0.3, 0.4) is 0 Å². The Morgan fingerprint density at radius 1 is 1.47 bits per heavy atom. The van der Waals surface area contributed by atoms with Crippen LogP contribution in [0.2, 0.25) is 18.1 Å². The quantitative estimate of drug-likeness (QED) is 0.780. The molecule has 110 valence electrons. The van der Waals surface area contributed by atoms with E-state index in [0.717, 1.165) is 19.3 Å². The molecule has 2 saturated heterocycles. The Morgan fingerprint density at radius 2 is 2.11 bits per heavy atom. The molecule has 0 saturated carbocycles. The first-order valence-electron chi connectivity index (χ1n) is 7.23. The van der Waals surface area contributed by atoms with E-state index in [2.05, 4.69) is 39.2 Å². The molecule has 2 heterocycles.